The molecule has 0 amide bonds. The van der Waals surface area contributed by atoms with Gasteiger partial charge in [0, 0.05) is 20.6 Å². The minimum absolute atomic E-state index is 0. The van der Waals surface area contributed by atoms with Crippen molar-refractivity contribution in [2.24, 2.45) is 12.0 Å². The van der Waals surface area contributed by atoms with Crippen LogP contribution in [0.3, 0.4) is 0 Å². The molecule has 0 saturated heterocycles. The van der Waals surface area contributed by atoms with Crippen molar-refractivity contribution in [2.45, 2.75) is 19.9 Å². The number of rotatable bonds is 4. The van der Waals surface area contributed by atoms with E-state index in [1.54, 1.807) is 11.8 Å². The number of nitrogens with zero attached hydrogens (tertiary/aromatic N) is 4. The first kappa shape index (κ1) is 16.1. The Balaban J connectivity index is 0.00000180. The van der Waals surface area contributed by atoms with Gasteiger partial charge in [-0.1, -0.05) is 6.92 Å². The number of nitrogens with one attached hydrogen (secondary N) is 1. The average molecular weight is 379 g/mol. The third-order valence-electron chi connectivity index (χ3n) is 3.18. The molecule has 108 valence electrons. The number of aryl methyl sites for hydroxylation is 2. The van der Waals surface area contributed by atoms with E-state index in [4.69, 9.17) is 4.74 Å². The van der Waals surface area contributed by atoms with Gasteiger partial charge in [-0.25, -0.2) is 4.68 Å². The van der Waals surface area contributed by atoms with Crippen molar-refractivity contribution in [3.8, 4) is 5.88 Å². The molecule has 0 radical (unpaired) electrons. The topological polar surface area (TPSA) is 54.7 Å². The summed E-state index contributed by atoms with van der Waals surface area (Å²) in [5.74, 6) is 1.77. The first-order valence-electron chi connectivity index (χ1n) is 6.25. The largest absolute Gasteiger partial charge is 0.481 e. The first-order chi connectivity index (χ1) is 8.67. The fraction of sp³-hybridized carbons (Fsp3) is 0.667. The van der Waals surface area contributed by atoms with E-state index in [0.29, 0.717) is 6.54 Å². The van der Waals surface area contributed by atoms with Gasteiger partial charge in [-0.2, -0.15) is 5.10 Å². The number of methoxy groups -OCH3 is 1. The molecule has 2 rings (SSSR count). The van der Waals surface area contributed by atoms with Crippen LogP contribution in [0.5, 0.6) is 5.88 Å². The molecule has 6 nitrogen and oxygen atoms in total. The highest BCUT2D eigenvalue weighted by Gasteiger charge is 2.18. The van der Waals surface area contributed by atoms with Crippen molar-refractivity contribution in [1.82, 2.24) is 20.0 Å². The van der Waals surface area contributed by atoms with E-state index in [1.807, 2.05) is 14.1 Å². The van der Waals surface area contributed by atoms with Crippen LogP contribution in [-0.2, 0) is 20.0 Å². The summed E-state index contributed by atoms with van der Waals surface area (Å²) in [4.78, 5) is 6.53. The van der Waals surface area contributed by atoms with Crippen LogP contribution in [0, 0.1) is 0 Å². The Morgan fingerprint density at radius 2 is 2.11 bits per heavy atom. The van der Waals surface area contributed by atoms with Crippen LogP contribution >= 0.6 is 24.0 Å². The van der Waals surface area contributed by atoms with Crippen molar-refractivity contribution in [1.29, 1.82) is 0 Å². The van der Waals surface area contributed by atoms with Crippen LogP contribution in [0.25, 0.3) is 0 Å². The van der Waals surface area contributed by atoms with Crippen molar-refractivity contribution in [3.63, 3.8) is 0 Å². The van der Waals surface area contributed by atoms with E-state index in [2.05, 4.69) is 27.2 Å². The van der Waals surface area contributed by atoms with Crippen molar-refractivity contribution < 1.29 is 4.74 Å². The Morgan fingerprint density at radius 3 is 2.63 bits per heavy atom. The summed E-state index contributed by atoms with van der Waals surface area (Å²) in [6.45, 7) is 4.64. The monoisotopic (exact) mass is 379 g/mol. The SMILES string of the molecule is CCc1nn(C)c(OC)c1CNC1=NCCN1C.I. The standard InChI is InChI=1S/C12H21N5O.HI/c1-5-10-9(11(18-4)17(3)15-10)8-14-12-13-6-7-16(12)2;/h5-8H2,1-4H3,(H,13,14);1H. The minimum Gasteiger partial charge on any atom is -0.481 e. The number of aliphatic imine (C=N–C) groups is 1. The molecule has 1 aliphatic rings. The third kappa shape index (κ3) is 3.31. The molecule has 0 aliphatic carbocycles. The molecular formula is C12H22IN5O. The smallest absolute Gasteiger partial charge is 0.216 e. The van der Waals surface area contributed by atoms with Gasteiger partial charge in [-0.15, -0.1) is 24.0 Å². The Kier molecular flexibility index (Phi) is 5.89. The molecule has 2 heterocycles. The molecule has 1 N–H and O–H groups in total. The van der Waals surface area contributed by atoms with Crippen molar-refractivity contribution in [2.75, 3.05) is 27.2 Å². The number of likely N-dealkylation sites (N-methyl/N-ethyl adjacent to an activating group) is 1. The van der Waals surface area contributed by atoms with Gasteiger partial charge in [0.15, 0.2) is 5.96 Å². The molecule has 1 aromatic rings. The lowest BCUT2D eigenvalue weighted by Gasteiger charge is -2.15. The molecule has 0 unspecified atom stereocenters. The molecule has 0 spiro atoms. The normalized spacial score (nSPS) is 14.1. The van der Waals surface area contributed by atoms with Crippen LogP contribution in [-0.4, -0.2) is 47.9 Å². The number of hydrogen-bond donors (Lipinski definition) is 1. The zero-order valence-electron chi connectivity index (χ0n) is 11.9. The summed E-state index contributed by atoms with van der Waals surface area (Å²) in [5.41, 5.74) is 2.19. The first-order valence-corrected chi connectivity index (χ1v) is 6.25. The maximum Gasteiger partial charge on any atom is 0.216 e. The number of hydrogen-bond acceptors (Lipinski definition) is 5. The zero-order valence-corrected chi connectivity index (χ0v) is 14.3. The van der Waals surface area contributed by atoms with Gasteiger partial charge in [0.25, 0.3) is 0 Å². The molecule has 0 atom stereocenters. The quantitative estimate of drug-likeness (QED) is 0.794. The number of aromatic nitrogens is 2. The molecule has 1 aliphatic heterocycles. The second kappa shape index (κ2) is 6.97. The molecular weight excluding hydrogens is 357 g/mol. The number of ether oxygens (including phenoxy) is 1. The Labute approximate surface area is 131 Å². The van der Waals surface area contributed by atoms with Crippen LogP contribution < -0.4 is 10.1 Å². The predicted molar refractivity (Wildman–Crippen MR) is 86.3 cm³/mol. The van der Waals surface area contributed by atoms with Crippen LogP contribution in [0.2, 0.25) is 0 Å². The summed E-state index contributed by atoms with van der Waals surface area (Å²) in [6.07, 6.45) is 0.899. The van der Waals surface area contributed by atoms with Crippen molar-refractivity contribution >= 4 is 29.9 Å². The van der Waals surface area contributed by atoms with Gasteiger partial charge < -0.3 is 15.0 Å². The summed E-state index contributed by atoms with van der Waals surface area (Å²) in [5, 5.41) is 7.82. The Morgan fingerprint density at radius 1 is 1.37 bits per heavy atom. The molecule has 0 aromatic carbocycles. The van der Waals surface area contributed by atoms with Gasteiger partial charge in [0.05, 0.1) is 31.5 Å². The molecule has 7 heteroatoms. The van der Waals surface area contributed by atoms with Crippen LogP contribution in [0.4, 0.5) is 0 Å². The zero-order chi connectivity index (χ0) is 13.1. The fourth-order valence-electron chi connectivity index (χ4n) is 2.21. The maximum absolute atomic E-state index is 5.41. The lowest BCUT2D eigenvalue weighted by atomic mass is 10.2. The Hall–Kier alpha value is -0.990. The van der Waals surface area contributed by atoms with Crippen molar-refractivity contribution in [3.05, 3.63) is 11.3 Å². The summed E-state index contributed by atoms with van der Waals surface area (Å²) in [6, 6.07) is 0. The predicted octanol–water partition coefficient (Wildman–Crippen LogP) is 1.00. The maximum atomic E-state index is 5.41. The van der Waals surface area contributed by atoms with Crippen LogP contribution in [0.1, 0.15) is 18.2 Å². The molecule has 0 saturated carbocycles. The minimum atomic E-state index is 0. The van der Waals surface area contributed by atoms with Gasteiger partial charge in [-0.05, 0) is 6.42 Å². The lowest BCUT2D eigenvalue weighted by Crippen LogP contribution is -2.35. The number of guanidine groups is 1. The number of halogens is 1. The summed E-state index contributed by atoms with van der Waals surface area (Å²) >= 11 is 0. The van der Waals surface area contributed by atoms with E-state index >= 15 is 0 Å². The highest BCUT2D eigenvalue weighted by Crippen LogP contribution is 2.21. The molecule has 0 bridgehead atoms. The highest BCUT2D eigenvalue weighted by atomic mass is 127. The van der Waals surface area contributed by atoms with E-state index in [1.165, 1.54) is 0 Å². The van der Waals surface area contributed by atoms with Gasteiger partial charge >= 0.3 is 0 Å². The molecule has 1 aromatic heterocycles. The summed E-state index contributed by atoms with van der Waals surface area (Å²) < 4.78 is 7.20. The summed E-state index contributed by atoms with van der Waals surface area (Å²) in [7, 11) is 5.62. The van der Waals surface area contributed by atoms with Gasteiger partial charge in [0.2, 0.25) is 5.88 Å². The second-order valence-corrected chi connectivity index (χ2v) is 4.39. The van der Waals surface area contributed by atoms with Gasteiger partial charge in [0.1, 0.15) is 0 Å². The van der Waals surface area contributed by atoms with E-state index in [0.717, 1.165) is 42.6 Å². The molecule has 0 fully saturated rings. The third-order valence-corrected chi connectivity index (χ3v) is 3.18. The fourth-order valence-corrected chi connectivity index (χ4v) is 2.21. The average Bonchev–Trinajstić information content (AvgIpc) is 2.90. The van der Waals surface area contributed by atoms with E-state index in [9.17, 15) is 0 Å². The van der Waals surface area contributed by atoms with E-state index in [-0.39, 0.29) is 24.0 Å². The van der Waals surface area contributed by atoms with E-state index < -0.39 is 0 Å². The Bertz CT molecular complexity index is 457. The van der Waals surface area contributed by atoms with Gasteiger partial charge in [-0.3, -0.25) is 4.99 Å². The lowest BCUT2D eigenvalue weighted by molar-refractivity contribution is 0.368. The second-order valence-electron chi connectivity index (χ2n) is 4.39. The van der Waals surface area contributed by atoms with Crippen LogP contribution in [0.15, 0.2) is 4.99 Å². The molecule has 19 heavy (non-hydrogen) atoms. The highest BCUT2D eigenvalue weighted by molar-refractivity contribution is 14.0.